The lowest BCUT2D eigenvalue weighted by molar-refractivity contribution is -0.128. The van der Waals surface area contributed by atoms with E-state index in [9.17, 15) is 9.59 Å². The molecular weight excluding hydrogens is 282 g/mol. The van der Waals surface area contributed by atoms with Crippen molar-refractivity contribution in [2.24, 2.45) is 4.99 Å². The fourth-order valence-corrected chi connectivity index (χ4v) is 1.99. The summed E-state index contributed by atoms with van der Waals surface area (Å²) >= 11 is 0. The van der Waals surface area contributed by atoms with Crippen molar-refractivity contribution in [1.29, 1.82) is 0 Å². The van der Waals surface area contributed by atoms with E-state index in [1.165, 1.54) is 0 Å². The van der Waals surface area contributed by atoms with E-state index in [2.05, 4.69) is 11.6 Å². The Bertz CT molecular complexity index is 791. The summed E-state index contributed by atoms with van der Waals surface area (Å²) in [6.45, 7) is 3.33. The first kappa shape index (κ1) is 13.8. The van der Waals surface area contributed by atoms with E-state index in [4.69, 9.17) is 9.47 Å². The van der Waals surface area contributed by atoms with E-state index in [1.807, 2.05) is 6.07 Å². The second kappa shape index (κ2) is 5.65. The zero-order chi connectivity index (χ0) is 15.5. The third kappa shape index (κ3) is 2.64. The first-order valence-corrected chi connectivity index (χ1v) is 6.52. The Morgan fingerprint density at radius 3 is 2.45 bits per heavy atom. The summed E-state index contributed by atoms with van der Waals surface area (Å²) in [5.74, 6) is -0.294. The van der Waals surface area contributed by atoms with Gasteiger partial charge in [0, 0.05) is 6.08 Å². The molecule has 0 bridgehead atoms. The monoisotopic (exact) mass is 293 g/mol. The van der Waals surface area contributed by atoms with Crippen LogP contribution >= 0.6 is 0 Å². The van der Waals surface area contributed by atoms with Crippen molar-refractivity contribution >= 4 is 23.5 Å². The number of carbonyl (C=O) groups excluding carboxylic acids is 2. The number of esters is 2. The summed E-state index contributed by atoms with van der Waals surface area (Å²) in [7, 11) is 0. The molecule has 0 unspecified atom stereocenters. The molecule has 0 aliphatic carbocycles. The van der Waals surface area contributed by atoms with E-state index in [1.54, 1.807) is 42.5 Å². The highest BCUT2D eigenvalue weighted by atomic mass is 16.5. The van der Waals surface area contributed by atoms with Crippen LogP contribution in [0.3, 0.4) is 0 Å². The predicted octanol–water partition coefficient (Wildman–Crippen LogP) is 3.03. The van der Waals surface area contributed by atoms with Crippen LogP contribution in [0.2, 0.25) is 0 Å². The average molecular weight is 293 g/mol. The van der Waals surface area contributed by atoms with Gasteiger partial charge >= 0.3 is 11.9 Å². The molecule has 108 valence electrons. The molecule has 1 aliphatic heterocycles. The SMILES string of the molecule is C=CC(=O)Oc1ccc(N=C2OC(=O)c3ccccc32)cc1. The van der Waals surface area contributed by atoms with Gasteiger partial charge in [0.2, 0.25) is 5.90 Å². The second-order valence-electron chi connectivity index (χ2n) is 4.47. The lowest BCUT2D eigenvalue weighted by Crippen LogP contribution is -2.02. The summed E-state index contributed by atoms with van der Waals surface area (Å²) in [5, 5.41) is 0. The Morgan fingerprint density at radius 1 is 1.09 bits per heavy atom. The van der Waals surface area contributed by atoms with Crippen LogP contribution in [-0.2, 0) is 9.53 Å². The van der Waals surface area contributed by atoms with Gasteiger partial charge in [-0.15, -0.1) is 0 Å². The largest absolute Gasteiger partial charge is 0.423 e. The molecule has 1 heterocycles. The number of hydrogen-bond acceptors (Lipinski definition) is 5. The van der Waals surface area contributed by atoms with Crippen LogP contribution in [0, 0.1) is 0 Å². The molecular formula is C17H11NO4. The van der Waals surface area contributed by atoms with Crippen LogP contribution in [-0.4, -0.2) is 17.8 Å². The minimum Gasteiger partial charge on any atom is -0.423 e. The summed E-state index contributed by atoms with van der Waals surface area (Å²) in [6.07, 6.45) is 1.09. The normalized spacial score (nSPS) is 14.4. The van der Waals surface area contributed by atoms with Crippen molar-refractivity contribution < 1.29 is 19.1 Å². The fourth-order valence-electron chi connectivity index (χ4n) is 1.99. The Hall–Kier alpha value is -3.21. The van der Waals surface area contributed by atoms with E-state index in [0.29, 0.717) is 22.6 Å². The van der Waals surface area contributed by atoms with Crippen LogP contribution in [0.15, 0.2) is 66.2 Å². The van der Waals surface area contributed by atoms with Crippen molar-refractivity contribution in [2.45, 2.75) is 0 Å². The first-order valence-electron chi connectivity index (χ1n) is 6.52. The summed E-state index contributed by atoms with van der Waals surface area (Å²) in [5.41, 5.74) is 1.74. The number of nitrogens with zero attached hydrogens (tertiary/aromatic N) is 1. The van der Waals surface area contributed by atoms with E-state index in [0.717, 1.165) is 6.08 Å². The maximum Gasteiger partial charge on any atom is 0.345 e. The molecule has 22 heavy (non-hydrogen) atoms. The third-order valence-electron chi connectivity index (χ3n) is 3.02. The molecule has 0 saturated carbocycles. The number of cyclic esters (lactones) is 1. The van der Waals surface area contributed by atoms with Gasteiger partial charge in [0.15, 0.2) is 0 Å². The van der Waals surface area contributed by atoms with Crippen molar-refractivity contribution in [1.82, 2.24) is 0 Å². The average Bonchev–Trinajstić information content (AvgIpc) is 2.86. The van der Waals surface area contributed by atoms with Gasteiger partial charge in [-0.2, -0.15) is 0 Å². The van der Waals surface area contributed by atoms with Gasteiger partial charge in [-0.1, -0.05) is 18.7 Å². The maximum atomic E-state index is 11.7. The summed E-state index contributed by atoms with van der Waals surface area (Å²) < 4.78 is 10.1. The lowest BCUT2D eigenvalue weighted by Gasteiger charge is -2.02. The van der Waals surface area contributed by atoms with Crippen LogP contribution in [0.1, 0.15) is 15.9 Å². The quantitative estimate of drug-likeness (QED) is 0.495. The highest BCUT2D eigenvalue weighted by Crippen LogP contribution is 2.24. The van der Waals surface area contributed by atoms with E-state index >= 15 is 0 Å². The van der Waals surface area contributed by atoms with Gasteiger partial charge in [0.1, 0.15) is 5.75 Å². The molecule has 0 atom stereocenters. The fraction of sp³-hybridized carbons (Fsp3) is 0. The van der Waals surface area contributed by atoms with Crippen molar-refractivity contribution in [2.75, 3.05) is 0 Å². The molecule has 0 N–H and O–H groups in total. The first-order chi connectivity index (χ1) is 10.7. The number of hydrogen-bond donors (Lipinski definition) is 0. The Labute approximate surface area is 126 Å². The Kier molecular flexibility index (Phi) is 3.53. The van der Waals surface area contributed by atoms with Crippen molar-refractivity contribution in [3.05, 3.63) is 72.3 Å². The highest BCUT2D eigenvalue weighted by molar-refractivity contribution is 6.17. The molecule has 0 fully saturated rings. The second-order valence-corrected chi connectivity index (χ2v) is 4.47. The molecule has 0 amide bonds. The van der Waals surface area contributed by atoms with Crippen LogP contribution < -0.4 is 4.74 Å². The Balaban J connectivity index is 1.86. The smallest absolute Gasteiger partial charge is 0.345 e. The van der Waals surface area contributed by atoms with Gasteiger partial charge in [-0.05, 0) is 36.4 Å². The summed E-state index contributed by atoms with van der Waals surface area (Å²) in [6, 6.07) is 13.6. The van der Waals surface area contributed by atoms with Crippen LogP contribution in [0.25, 0.3) is 0 Å². The van der Waals surface area contributed by atoms with Crippen molar-refractivity contribution in [3.63, 3.8) is 0 Å². The van der Waals surface area contributed by atoms with Crippen LogP contribution in [0.4, 0.5) is 5.69 Å². The zero-order valence-corrected chi connectivity index (χ0v) is 11.5. The number of ether oxygens (including phenoxy) is 2. The van der Waals surface area contributed by atoms with Gasteiger partial charge < -0.3 is 9.47 Å². The van der Waals surface area contributed by atoms with Gasteiger partial charge in [-0.25, -0.2) is 14.6 Å². The molecule has 0 radical (unpaired) electrons. The number of carbonyl (C=O) groups is 2. The molecule has 5 heteroatoms. The van der Waals surface area contributed by atoms with Gasteiger partial charge in [0.25, 0.3) is 0 Å². The van der Waals surface area contributed by atoms with E-state index < -0.39 is 11.9 Å². The maximum absolute atomic E-state index is 11.7. The lowest BCUT2D eigenvalue weighted by atomic mass is 10.1. The minimum absolute atomic E-state index is 0.261. The van der Waals surface area contributed by atoms with Crippen molar-refractivity contribution in [3.8, 4) is 5.75 Å². The molecule has 5 nitrogen and oxygen atoms in total. The summed E-state index contributed by atoms with van der Waals surface area (Å²) in [4.78, 5) is 27.1. The number of benzene rings is 2. The molecule has 1 aliphatic rings. The topological polar surface area (TPSA) is 65.0 Å². The number of aliphatic imine (C=N–C) groups is 1. The predicted molar refractivity (Wildman–Crippen MR) is 80.3 cm³/mol. The number of rotatable bonds is 3. The minimum atomic E-state index is -0.530. The molecule has 2 aromatic carbocycles. The molecule has 2 aromatic rings. The van der Waals surface area contributed by atoms with Crippen LogP contribution in [0.5, 0.6) is 5.75 Å². The molecule has 0 saturated heterocycles. The number of fused-ring (bicyclic) bond motifs is 1. The highest BCUT2D eigenvalue weighted by Gasteiger charge is 2.27. The molecule has 0 spiro atoms. The van der Waals surface area contributed by atoms with Gasteiger partial charge in [-0.3, -0.25) is 0 Å². The third-order valence-corrected chi connectivity index (χ3v) is 3.02. The zero-order valence-electron chi connectivity index (χ0n) is 11.5. The van der Waals surface area contributed by atoms with Gasteiger partial charge in [0.05, 0.1) is 16.8 Å². The Morgan fingerprint density at radius 2 is 1.77 bits per heavy atom. The standard InChI is InChI=1S/C17H11NO4/c1-2-15(19)21-12-9-7-11(8-10-12)18-16-13-5-3-4-6-14(13)17(20)22-16/h2-10H,1H2. The molecule has 3 rings (SSSR count). The molecule has 0 aromatic heterocycles. The van der Waals surface area contributed by atoms with E-state index in [-0.39, 0.29) is 5.90 Å².